The van der Waals surface area contributed by atoms with Crippen molar-refractivity contribution in [3.63, 3.8) is 0 Å². The van der Waals surface area contributed by atoms with Gasteiger partial charge in [-0.15, -0.1) is 11.3 Å². The zero-order chi connectivity index (χ0) is 14.8. The van der Waals surface area contributed by atoms with Gasteiger partial charge in [-0.05, 0) is 12.1 Å². The number of aromatic nitrogens is 2. The smallest absolute Gasteiger partial charge is 0.269 e. The van der Waals surface area contributed by atoms with Gasteiger partial charge >= 0.3 is 0 Å². The van der Waals surface area contributed by atoms with Gasteiger partial charge < -0.3 is 10.1 Å². The summed E-state index contributed by atoms with van der Waals surface area (Å²) in [7, 11) is 1.59. The quantitative estimate of drug-likeness (QED) is 0.579. The van der Waals surface area contributed by atoms with E-state index in [2.05, 4.69) is 10.3 Å². The van der Waals surface area contributed by atoms with Crippen LogP contribution in [0.2, 0.25) is 0 Å². The number of benzene rings is 1. The molecule has 0 radical (unpaired) electrons. The summed E-state index contributed by atoms with van der Waals surface area (Å²) in [6.45, 7) is 0.513. The highest BCUT2D eigenvalue weighted by Crippen LogP contribution is 2.24. The molecule has 1 aromatic carbocycles. The molecule has 108 valence electrons. The van der Waals surface area contributed by atoms with Crippen LogP contribution in [0.4, 0.5) is 11.4 Å². The summed E-state index contributed by atoms with van der Waals surface area (Å²) in [4.78, 5) is 15.4. The van der Waals surface area contributed by atoms with Gasteiger partial charge in [-0.1, -0.05) is 0 Å². The number of thiazole rings is 1. The first-order valence-electron chi connectivity index (χ1n) is 6.16. The Bertz CT molecular complexity index is 778. The number of nitro groups is 1. The Morgan fingerprint density at radius 1 is 1.43 bits per heavy atom. The maximum atomic E-state index is 10.6. The lowest BCUT2D eigenvalue weighted by molar-refractivity contribution is -0.384. The van der Waals surface area contributed by atoms with E-state index < -0.39 is 4.92 Å². The number of fused-ring (bicyclic) bond motifs is 1. The van der Waals surface area contributed by atoms with E-state index in [4.69, 9.17) is 4.74 Å². The number of nitro benzene ring substituents is 1. The second-order valence-electron chi connectivity index (χ2n) is 4.28. The standard InChI is InChI=1S/C13H12N4O3S/c1-20-12-11(16-6-7-21-13(16)15-12)8-14-9-2-4-10(5-3-9)17(18)19/h2-7,14H,8H2,1H3. The molecule has 1 N–H and O–H groups in total. The number of nitrogens with one attached hydrogen (secondary N) is 1. The molecule has 0 spiro atoms. The predicted octanol–water partition coefficient (Wildman–Crippen LogP) is 2.92. The molecular weight excluding hydrogens is 292 g/mol. The molecule has 0 aliphatic carbocycles. The zero-order valence-electron chi connectivity index (χ0n) is 11.1. The molecular formula is C13H12N4O3S. The summed E-state index contributed by atoms with van der Waals surface area (Å²) in [6.07, 6.45) is 1.93. The molecule has 0 fully saturated rings. The Morgan fingerprint density at radius 2 is 2.19 bits per heavy atom. The minimum absolute atomic E-state index is 0.0720. The van der Waals surface area contributed by atoms with E-state index in [1.54, 1.807) is 19.2 Å². The lowest BCUT2D eigenvalue weighted by atomic mass is 10.3. The Kier molecular flexibility index (Phi) is 3.44. The maximum absolute atomic E-state index is 10.6. The number of non-ortho nitro benzene ring substituents is 1. The average Bonchev–Trinajstić information content (AvgIpc) is 3.06. The minimum atomic E-state index is -0.418. The number of hydrogen-bond donors (Lipinski definition) is 1. The molecule has 0 aliphatic heterocycles. The summed E-state index contributed by atoms with van der Waals surface area (Å²) in [6, 6.07) is 6.29. The van der Waals surface area contributed by atoms with E-state index >= 15 is 0 Å². The molecule has 0 amide bonds. The molecule has 8 heteroatoms. The van der Waals surface area contributed by atoms with Crippen LogP contribution >= 0.6 is 11.3 Å². The first kappa shape index (κ1) is 13.4. The summed E-state index contributed by atoms with van der Waals surface area (Å²) in [5.41, 5.74) is 1.78. The van der Waals surface area contributed by atoms with Crippen molar-refractivity contribution in [2.75, 3.05) is 12.4 Å². The molecule has 0 saturated heterocycles. The third-order valence-electron chi connectivity index (χ3n) is 3.06. The van der Waals surface area contributed by atoms with Gasteiger partial charge in [0.2, 0.25) is 5.88 Å². The normalized spacial score (nSPS) is 10.7. The number of nitrogens with zero attached hydrogens (tertiary/aromatic N) is 3. The molecule has 2 heterocycles. The fraction of sp³-hybridized carbons (Fsp3) is 0.154. The van der Waals surface area contributed by atoms with Crippen LogP contribution in [0.15, 0.2) is 35.8 Å². The van der Waals surface area contributed by atoms with Crippen LogP contribution in [0.3, 0.4) is 0 Å². The zero-order valence-corrected chi connectivity index (χ0v) is 12.0. The van der Waals surface area contributed by atoms with Gasteiger partial charge in [0.15, 0.2) is 4.96 Å². The van der Waals surface area contributed by atoms with E-state index in [9.17, 15) is 10.1 Å². The molecule has 3 aromatic rings. The number of methoxy groups -OCH3 is 1. The minimum Gasteiger partial charge on any atom is -0.480 e. The van der Waals surface area contributed by atoms with Crippen LogP contribution in [0.5, 0.6) is 5.88 Å². The van der Waals surface area contributed by atoms with E-state index in [0.717, 1.165) is 16.3 Å². The van der Waals surface area contributed by atoms with Crippen LogP contribution in [0, 0.1) is 10.1 Å². The number of imidazole rings is 1. The topological polar surface area (TPSA) is 81.7 Å². The Balaban J connectivity index is 1.79. The molecule has 0 atom stereocenters. The number of ether oxygens (including phenoxy) is 1. The fourth-order valence-corrected chi connectivity index (χ4v) is 2.75. The summed E-state index contributed by atoms with van der Waals surface area (Å²) < 4.78 is 7.23. The summed E-state index contributed by atoms with van der Waals surface area (Å²) >= 11 is 1.53. The van der Waals surface area contributed by atoms with Gasteiger partial charge in [-0.25, -0.2) is 0 Å². The van der Waals surface area contributed by atoms with Gasteiger partial charge in [0.1, 0.15) is 5.69 Å². The molecule has 2 aromatic heterocycles. The van der Waals surface area contributed by atoms with Crippen molar-refractivity contribution >= 4 is 27.7 Å². The highest BCUT2D eigenvalue weighted by Gasteiger charge is 2.13. The van der Waals surface area contributed by atoms with Gasteiger partial charge in [-0.3, -0.25) is 14.5 Å². The molecule has 0 aliphatic rings. The van der Waals surface area contributed by atoms with Crippen molar-refractivity contribution in [2.45, 2.75) is 6.54 Å². The van der Waals surface area contributed by atoms with Crippen molar-refractivity contribution in [3.05, 3.63) is 51.7 Å². The molecule has 0 saturated carbocycles. The molecule has 0 unspecified atom stereocenters. The third kappa shape index (κ3) is 2.52. The third-order valence-corrected chi connectivity index (χ3v) is 3.81. The van der Waals surface area contributed by atoms with E-state index in [1.165, 1.54) is 23.5 Å². The van der Waals surface area contributed by atoms with Crippen molar-refractivity contribution in [1.82, 2.24) is 9.38 Å². The second kappa shape index (κ2) is 5.41. The largest absolute Gasteiger partial charge is 0.480 e. The molecule has 7 nitrogen and oxygen atoms in total. The van der Waals surface area contributed by atoms with E-state index in [-0.39, 0.29) is 5.69 Å². The van der Waals surface area contributed by atoms with Crippen LogP contribution < -0.4 is 10.1 Å². The van der Waals surface area contributed by atoms with Crippen molar-refractivity contribution in [3.8, 4) is 5.88 Å². The van der Waals surface area contributed by atoms with Crippen LogP contribution in [0.25, 0.3) is 4.96 Å². The first-order chi connectivity index (χ1) is 10.2. The van der Waals surface area contributed by atoms with Crippen LogP contribution in [-0.2, 0) is 6.54 Å². The first-order valence-corrected chi connectivity index (χ1v) is 7.04. The monoisotopic (exact) mass is 304 g/mol. The molecule has 0 bridgehead atoms. The molecule has 21 heavy (non-hydrogen) atoms. The average molecular weight is 304 g/mol. The van der Waals surface area contributed by atoms with E-state index in [0.29, 0.717) is 12.4 Å². The van der Waals surface area contributed by atoms with Crippen molar-refractivity contribution in [1.29, 1.82) is 0 Å². The number of hydrogen-bond acceptors (Lipinski definition) is 6. The van der Waals surface area contributed by atoms with Gasteiger partial charge in [0.05, 0.1) is 18.6 Å². The van der Waals surface area contributed by atoms with Gasteiger partial charge in [-0.2, -0.15) is 4.98 Å². The number of anilines is 1. The second-order valence-corrected chi connectivity index (χ2v) is 5.15. The van der Waals surface area contributed by atoms with Crippen LogP contribution in [-0.4, -0.2) is 21.4 Å². The lowest BCUT2D eigenvalue weighted by Crippen LogP contribution is -2.03. The fourth-order valence-electron chi connectivity index (χ4n) is 2.02. The summed E-state index contributed by atoms with van der Waals surface area (Å²) in [5, 5.41) is 15.8. The maximum Gasteiger partial charge on any atom is 0.269 e. The number of rotatable bonds is 5. The van der Waals surface area contributed by atoms with Gasteiger partial charge in [0.25, 0.3) is 5.69 Å². The highest BCUT2D eigenvalue weighted by atomic mass is 32.1. The highest BCUT2D eigenvalue weighted by molar-refractivity contribution is 7.15. The Hall–Kier alpha value is -2.61. The summed E-state index contributed by atoms with van der Waals surface area (Å²) in [5.74, 6) is 0.580. The predicted molar refractivity (Wildman–Crippen MR) is 80.0 cm³/mol. The SMILES string of the molecule is COc1nc2sccn2c1CNc1ccc([N+](=O)[O-])cc1. The van der Waals surface area contributed by atoms with Crippen molar-refractivity contribution in [2.24, 2.45) is 0 Å². The van der Waals surface area contributed by atoms with Gasteiger partial charge in [0, 0.05) is 29.4 Å². The van der Waals surface area contributed by atoms with E-state index in [1.807, 2.05) is 16.0 Å². The molecule has 3 rings (SSSR count). The Labute approximate surface area is 124 Å². The van der Waals surface area contributed by atoms with Crippen LogP contribution in [0.1, 0.15) is 5.69 Å². The Morgan fingerprint density at radius 3 is 2.86 bits per heavy atom. The van der Waals surface area contributed by atoms with Crippen molar-refractivity contribution < 1.29 is 9.66 Å². The lowest BCUT2D eigenvalue weighted by Gasteiger charge is -2.07.